The number of amides is 1. The van der Waals surface area contributed by atoms with Crippen molar-refractivity contribution in [2.45, 2.75) is 12.8 Å². The number of hydrogen-bond acceptors (Lipinski definition) is 5. The molecule has 9 heteroatoms. The van der Waals surface area contributed by atoms with Crippen LogP contribution in [0.15, 0.2) is 30.7 Å². The maximum atomic E-state index is 11.4. The average molecular weight is 391 g/mol. The molecule has 0 saturated carbocycles. The number of benzene rings is 1. The summed E-state index contributed by atoms with van der Waals surface area (Å²) in [5.41, 5.74) is 6.87. The summed E-state index contributed by atoms with van der Waals surface area (Å²) >= 11 is 12.1. The van der Waals surface area contributed by atoms with E-state index in [2.05, 4.69) is 20.0 Å². The van der Waals surface area contributed by atoms with E-state index in [-0.39, 0.29) is 11.8 Å². The normalized spacial score (nSPS) is 15.5. The second-order valence-electron chi connectivity index (χ2n) is 6.25. The molecule has 0 spiro atoms. The molecule has 1 amide bonds. The highest BCUT2D eigenvalue weighted by Crippen LogP contribution is 2.30. The van der Waals surface area contributed by atoms with Crippen LogP contribution in [-0.2, 0) is 4.79 Å². The third-order valence-corrected chi connectivity index (χ3v) is 5.43. The minimum Gasteiger partial charge on any atom is -0.369 e. The summed E-state index contributed by atoms with van der Waals surface area (Å²) in [5, 5.41) is 6.23. The van der Waals surface area contributed by atoms with Crippen LogP contribution in [0.2, 0.25) is 10.0 Å². The molecule has 3 aromatic rings. The summed E-state index contributed by atoms with van der Waals surface area (Å²) in [5.74, 6) is 0.511. The van der Waals surface area contributed by atoms with Crippen LogP contribution in [0.5, 0.6) is 0 Å². The fourth-order valence-corrected chi connectivity index (χ4v) is 3.56. The van der Waals surface area contributed by atoms with Gasteiger partial charge in [-0.2, -0.15) is 5.10 Å². The minimum absolute atomic E-state index is 0.0671. The summed E-state index contributed by atoms with van der Waals surface area (Å²) in [6.07, 6.45) is 4.71. The van der Waals surface area contributed by atoms with Crippen LogP contribution in [-0.4, -0.2) is 38.7 Å². The van der Waals surface area contributed by atoms with Crippen molar-refractivity contribution in [3.63, 3.8) is 0 Å². The van der Waals surface area contributed by atoms with Gasteiger partial charge in [0.2, 0.25) is 5.91 Å². The zero-order valence-electron chi connectivity index (χ0n) is 13.8. The molecule has 0 unspecified atom stereocenters. The number of carbonyl (C=O) groups excluding carboxylic acids is 1. The SMILES string of the molecule is NC(=O)C1CCN(c2ncnc3c2cnn3-c2ccc(Cl)c(Cl)c2)CC1. The monoisotopic (exact) mass is 390 g/mol. The number of aromatic nitrogens is 4. The van der Waals surface area contributed by atoms with Crippen LogP contribution in [0.1, 0.15) is 12.8 Å². The Labute approximate surface area is 159 Å². The van der Waals surface area contributed by atoms with Crippen LogP contribution >= 0.6 is 23.2 Å². The zero-order valence-corrected chi connectivity index (χ0v) is 15.3. The Hall–Kier alpha value is -2.38. The molecule has 1 aliphatic rings. The number of nitrogens with zero attached hydrogens (tertiary/aromatic N) is 5. The minimum atomic E-state index is -0.232. The number of carbonyl (C=O) groups is 1. The molecule has 0 bridgehead atoms. The van der Waals surface area contributed by atoms with Crippen molar-refractivity contribution in [3.05, 3.63) is 40.8 Å². The zero-order chi connectivity index (χ0) is 18.3. The van der Waals surface area contributed by atoms with Crippen molar-refractivity contribution < 1.29 is 4.79 Å². The second-order valence-corrected chi connectivity index (χ2v) is 7.07. The number of rotatable bonds is 3. The van der Waals surface area contributed by atoms with E-state index in [1.807, 2.05) is 6.07 Å². The summed E-state index contributed by atoms with van der Waals surface area (Å²) in [7, 11) is 0. The number of piperidine rings is 1. The number of fused-ring (bicyclic) bond motifs is 1. The van der Waals surface area contributed by atoms with E-state index >= 15 is 0 Å². The summed E-state index contributed by atoms with van der Waals surface area (Å²) in [6.45, 7) is 1.44. The summed E-state index contributed by atoms with van der Waals surface area (Å²) < 4.78 is 1.71. The molecular weight excluding hydrogens is 375 g/mol. The molecule has 0 aliphatic carbocycles. The molecular formula is C17H16Cl2N6O. The van der Waals surface area contributed by atoms with Crippen molar-refractivity contribution in [1.82, 2.24) is 19.7 Å². The Kier molecular flexibility index (Phi) is 4.42. The predicted octanol–water partition coefficient (Wildman–Crippen LogP) is 2.82. The Morgan fingerprint density at radius 3 is 2.62 bits per heavy atom. The number of primary amides is 1. The van der Waals surface area contributed by atoms with Gasteiger partial charge in [0.1, 0.15) is 12.1 Å². The van der Waals surface area contributed by atoms with Crippen LogP contribution in [0, 0.1) is 5.92 Å². The third kappa shape index (κ3) is 2.97. The molecule has 1 aromatic carbocycles. The van der Waals surface area contributed by atoms with Gasteiger partial charge >= 0.3 is 0 Å². The van der Waals surface area contributed by atoms with Gasteiger partial charge in [-0.3, -0.25) is 4.79 Å². The Balaban J connectivity index is 1.69. The van der Waals surface area contributed by atoms with Crippen molar-refractivity contribution in [3.8, 4) is 5.69 Å². The van der Waals surface area contributed by atoms with Crippen LogP contribution in [0.4, 0.5) is 5.82 Å². The highest BCUT2D eigenvalue weighted by molar-refractivity contribution is 6.42. The van der Waals surface area contributed by atoms with Gasteiger partial charge in [0.25, 0.3) is 0 Å². The first-order chi connectivity index (χ1) is 12.5. The Morgan fingerprint density at radius 2 is 1.92 bits per heavy atom. The lowest BCUT2D eigenvalue weighted by Crippen LogP contribution is -2.39. The van der Waals surface area contributed by atoms with Crippen LogP contribution in [0.3, 0.4) is 0 Å². The van der Waals surface area contributed by atoms with Gasteiger partial charge in [0.15, 0.2) is 5.65 Å². The van der Waals surface area contributed by atoms with E-state index in [4.69, 9.17) is 28.9 Å². The van der Waals surface area contributed by atoms with Gasteiger partial charge < -0.3 is 10.6 Å². The van der Waals surface area contributed by atoms with E-state index in [0.717, 1.165) is 42.8 Å². The molecule has 1 fully saturated rings. The molecule has 26 heavy (non-hydrogen) atoms. The molecule has 7 nitrogen and oxygen atoms in total. The largest absolute Gasteiger partial charge is 0.369 e. The van der Waals surface area contributed by atoms with E-state index in [0.29, 0.717) is 15.7 Å². The highest BCUT2D eigenvalue weighted by Gasteiger charge is 2.25. The lowest BCUT2D eigenvalue weighted by atomic mass is 9.96. The summed E-state index contributed by atoms with van der Waals surface area (Å²) in [4.78, 5) is 22.3. The molecule has 0 atom stereocenters. The average Bonchev–Trinajstić information content (AvgIpc) is 3.08. The van der Waals surface area contributed by atoms with Crippen molar-refractivity contribution in [2.24, 2.45) is 11.7 Å². The molecule has 134 valence electrons. The van der Waals surface area contributed by atoms with E-state index in [1.54, 1.807) is 23.0 Å². The van der Waals surface area contributed by atoms with Gasteiger partial charge in [-0.05, 0) is 31.0 Å². The first-order valence-electron chi connectivity index (χ1n) is 8.23. The van der Waals surface area contributed by atoms with Gasteiger partial charge in [0, 0.05) is 19.0 Å². The predicted molar refractivity (Wildman–Crippen MR) is 101 cm³/mol. The molecule has 4 rings (SSSR count). The van der Waals surface area contributed by atoms with Gasteiger partial charge in [-0.25, -0.2) is 14.6 Å². The number of nitrogens with two attached hydrogens (primary N) is 1. The van der Waals surface area contributed by atoms with Crippen LogP contribution < -0.4 is 10.6 Å². The molecule has 2 N–H and O–H groups in total. The second kappa shape index (κ2) is 6.74. The van der Waals surface area contributed by atoms with E-state index in [9.17, 15) is 4.79 Å². The van der Waals surface area contributed by atoms with Crippen molar-refractivity contribution in [1.29, 1.82) is 0 Å². The van der Waals surface area contributed by atoms with Gasteiger partial charge in [-0.15, -0.1) is 0 Å². The maximum absolute atomic E-state index is 11.4. The van der Waals surface area contributed by atoms with Crippen LogP contribution in [0.25, 0.3) is 16.7 Å². The first-order valence-corrected chi connectivity index (χ1v) is 8.98. The van der Waals surface area contributed by atoms with Crippen molar-refractivity contribution in [2.75, 3.05) is 18.0 Å². The summed E-state index contributed by atoms with van der Waals surface area (Å²) in [6, 6.07) is 5.31. The number of halogens is 2. The topological polar surface area (TPSA) is 89.9 Å². The highest BCUT2D eigenvalue weighted by atomic mass is 35.5. The Morgan fingerprint density at radius 1 is 1.15 bits per heavy atom. The fourth-order valence-electron chi connectivity index (χ4n) is 3.27. The fraction of sp³-hybridized carbons (Fsp3) is 0.294. The number of anilines is 1. The van der Waals surface area contributed by atoms with Gasteiger partial charge in [0.05, 0.1) is 27.3 Å². The molecule has 1 aliphatic heterocycles. The third-order valence-electron chi connectivity index (χ3n) is 4.69. The molecule has 2 aromatic heterocycles. The maximum Gasteiger partial charge on any atom is 0.220 e. The van der Waals surface area contributed by atoms with E-state index < -0.39 is 0 Å². The molecule has 0 radical (unpaired) electrons. The molecule has 3 heterocycles. The quantitative estimate of drug-likeness (QED) is 0.742. The first kappa shape index (κ1) is 17.1. The Bertz CT molecular complexity index is 981. The van der Waals surface area contributed by atoms with Crippen molar-refractivity contribution >= 4 is 46.0 Å². The lowest BCUT2D eigenvalue weighted by Gasteiger charge is -2.31. The smallest absolute Gasteiger partial charge is 0.220 e. The standard InChI is InChI=1S/C17H16Cl2N6O/c18-13-2-1-11(7-14(13)19)25-17-12(8-23-25)16(21-9-22-17)24-5-3-10(4-6-24)15(20)26/h1-2,7-10H,3-6H2,(H2,20,26). The molecule has 1 saturated heterocycles. The lowest BCUT2D eigenvalue weighted by molar-refractivity contribution is -0.122. The van der Waals surface area contributed by atoms with E-state index in [1.165, 1.54) is 6.33 Å². The van der Waals surface area contributed by atoms with Gasteiger partial charge in [-0.1, -0.05) is 23.2 Å². The number of hydrogen-bond donors (Lipinski definition) is 1.